The molecule has 2 aromatic carbocycles. The molecule has 1 atom stereocenters. The molecule has 0 saturated carbocycles. The van der Waals surface area contributed by atoms with E-state index in [2.05, 4.69) is 0 Å². The minimum Gasteiger partial charge on any atom is -0.810 e. The van der Waals surface area contributed by atoms with Crippen molar-refractivity contribution in [2.75, 3.05) is 7.11 Å². The summed E-state index contributed by atoms with van der Waals surface area (Å²) in [6, 6.07) is 10.1. The number of halogens is 1. The van der Waals surface area contributed by atoms with Crippen LogP contribution in [0.5, 0.6) is 17.2 Å². The summed E-state index contributed by atoms with van der Waals surface area (Å²) in [6.45, 7) is 0. The Morgan fingerprint density at radius 1 is 1.03 bits per heavy atom. The predicted molar refractivity (Wildman–Crippen MR) is 93.5 cm³/mol. The van der Waals surface area contributed by atoms with Gasteiger partial charge in [-0.3, -0.25) is 0 Å². The van der Waals surface area contributed by atoms with Crippen molar-refractivity contribution < 1.29 is 195 Å². The first-order valence-corrected chi connectivity index (χ1v) is 11.2. The van der Waals surface area contributed by atoms with Gasteiger partial charge in [0.25, 0.3) is 0 Å². The zero-order valence-corrected chi connectivity index (χ0v) is 28.8. The minimum atomic E-state index is -5.58. The average Bonchev–Trinajstić information content (AvgIpc) is 2.59. The fraction of sp³-hybridized carbons (Fsp3) is 0.294. The SMILES string of the molecule is COc1ccc(Oc2ccc(F)cc2)cc1CCCC(P(=O)([O-])[O-])S(=O)(=O)[O-].[K+].[K+].[K+]. The van der Waals surface area contributed by atoms with Crippen molar-refractivity contribution in [2.45, 2.75) is 24.3 Å². The van der Waals surface area contributed by atoms with Crippen LogP contribution < -0.4 is 173 Å². The maximum absolute atomic E-state index is 13.0. The largest absolute Gasteiger partial charge is 1.00 e. The molecule has 0 aliphatic rings. The number of methoxy groups -OCH3 is 1. The van der Waals surface area contributed by atoms with Crippen LogP contribution >= 0.6 is 7.60 Å². The molecule has 0 bridgehead atoms. The van der Waals surface area contributed by atoms with Gasteiger partial charge >= 0.3 is 154 Å². The Bertz CT molecular complexity index is 970. The van der Waals surface area contributed by atoms with Crippen LogP contribution in [-0.4, -0.2) is 25.1 Å². The van der Waals surface area contributed by atoms with Crippen molar-refractivity contribution in [3.05, 3.63) is 53.8 Å². The van der Waals surface area contributed by atoms with Crippen molar-refractivity contribution in [1.29, 1.82) is 0 Å². The number of aryl methyl sites for hydroxylation is 1. The van der Waals surface area contributed by atoms with E-state index >= 15 is 0 Å². The number of hydrogen-bond acceptors (Lipinski definition) is 8. The molecule has 1 unspecified atom stereocenters. The summed E-state index contributed by atoms with van der Waals surface area (Å²) < 4.78 is 67.9. The molecule has 0 N–H and O–H groups in total. The van der Waals surface area contributed by atoms with Gasteiger partial charge in [0, 0.05) is 0 Å². The van der Waals surface area contributed by atoms with Crippen LogP contribution in [0.3, 0.4) is 0 Å². The molecule has 2 rings (SSSR count). The first kappa shape index (κ1) is 36.1. The van der Waals surface area contributed by atoms with Gasteiger partial charge in [-0.2, -0.15) is 0 Å². The minimum absolute atomic E-state index is 0. The molecule has 0 radical (unpaired) electrons. The molecule has 0 fully saturated rings. The fourth-order valence-electron chi connectivity index (χ4n) is 2.58. The van der Waals surface area contributed by atoms with Crippen LogP contribution in [0.4, 0.5) is 4.39 Å². The van der Waals surface area contributed by atoms with Crippen LogP contribution in [0.2, 0.25) is 0 Å². The van der Waals surface area contributed by atoms with Crippen LogP contribution in [0.15, 0.2) is 42.5 Å². The molecule has 14 heteroatoms. The van der Waals surface area contributed by atoms with Crippen molar-refractivity contribution in [1.82, 2.24) is 0 Å². The van der Waals surface area contributed by atoms with Gasteiger partial charge in [0.2, 0.25) is 0 Å². The van der Waals surface area contributed by atoms with Crippen molar-refractivity contribution in [2.24, 2.45) is 0 Å². The van der Waals surface area contributed by atoms with Gasteiger partial charge in [0.1, 0.15) is 33.2 Å². The molecular formula is C17H17FK3O8PS. The maximum atomic E-state index is 13.0. The molecule has 31 heavy (non-hydrogen) atoms. The second kappa shape index (κ2) is 16.6. The van der Waals surface area contributed by atoms with Crippen molar-refractivity contribution in [3.8, 4) is 17.2 Å². The quantitative estimate of drug-likeness (QED) is 0.171. The first-order valence-electron chi connectivity index (χ1n) is 8.07. The smallest absolute Gasteiger partial charge is 0.810 e. The van der Waals surface area contributed by atoms with Gasteiger partial charge in [0.15, 0.2) is 0 Å². The number of hydrogen-bond donors (Lipinski definition) is 0. The molecule has 154 valence electrons. The molecule has 0 spiro atoms. The molecular weight excluding hydrogens is 532 g/mol. The van der Waals surface area contributed by atoms with Crippen LogP contribution in [0.25, 0.3) is 0 Å². The van der Waals surface area contributed by atoms with E-state index in [1.807, 2.05) is 0 Å². The van der Waals surface area contributed by atoms with E-state index < -0.39 is 34.9 Å². The Hall–Kier alpha value is 2.94. The maximum Gasteiger partial charge on any atom is 1.00 e. The van der Waals surface area contributed by atoms with E-state index in [0.29, 0.717) is 22.8 Å². The second-order valence-electron chi connectivity index (χ2n) is 5.91. The van der Waals surface area contributed by atoms with E-state index in [1.54, 1.807) is 18.2 Å². The first-order chi connectivity index (χ1) is 13.0. The topological polar surface area (TPSA) is 139 Å². The van der Waals surface area contributed by atoms with Gasteiger partial charge in [-0.15, -0.1) is 0 Å². The fourth-order valence-corrected chi connectivity index (χ4v) is 4.80. The summed E-state index contributed by atoms with van der Waals surface area (Å²) >= 11 is 0. The zero-order valence-electron chi connectivity index (χ0n) is 17.7. The Morgan fingerprint density at radius 3 is 2.06 bits per heavy atom. The number of benzene rings is 2. The normalized spacial score (nSPS) is 11.9. The van der Waals surface area contributed by atoms with Gasteiger partial charge in [-0.1, -0.05) is 7.60 Å². The van der Waals surface area contributed by atoms with E-state index in [9.17, 15) is 31.7 Å². The van der Waals surface area contributed by atoms with Gasteiger partial charge < -0.3 is 28.4 Å². The summed E-state index contributed by atoms with van der Waals surface area (Å²) in [6.07, 6.45) is -0.547. The van der Waals surface area contributed by atoms with Crippen LogP contribution in [0, 0.1) is 5.82 Å². The molecule has 2 aromatic rings. The molecule has 0 aliphatic heterocycles. The standard InChI is InChI=1S/C17H20FO8PS.3K/c1-25-16-10-9-15(26-14-7-5-13(18)6-8-14)11-12(16)3-2-4-17(27(19,20)21)28(22,23)24;;;/h5-11,17H,2-4H2,1H3,(H2,19,20,21)(H,22,23,24);;;/q;3*+1/p-3. The van der Waals surface area contributed by atoms with Crippen LogP contribution in [0.1, 0.15) is 18.4 Å². The Balaban J connectivity index is 0. The Kier molecular flexibility index (Phi) is 19.4. The molecule has 0 aliphatic carbocycles. The summed E-state index contributed by atoms with van der Waals surface area (Å²) in [5.74, 6) is 0.780. The average molecular weight is 549 g/mol. The van der Waals surface area contributed by atoms with Gasteiger partial charge in [-0.05, 0) is 67.3 Å². The van der Waals surface area contributed by atoms with E-state index in [0.717, 1.165) is 0 Å². The molecule has 0 aromatic heterocycles. The summed E-state index contributed by atoms with van der Waals surface area (Å²) in [5.41, 5.74) is 0.552. The summed E-state index contributed by atoms with van der Waals surface area (Å²) in [5, 5.41) is 0. The van der Waals surface area contributed by atoms with Crippen molar-refractivity contribution in [3.63, 3.8) is 0 Å². The number of ether oxygens (including phenoxy) is 2. The molecule has 0 heterocycles. The second-order valence-corrected chi connectivity index (χ2v) is 9.52. The Morgan fingerprint density at radius 2 is 1.58 bits per heavy atom. The van der Waals surface area contributed by atoms with E-state index in [1.165, 1.54) is 31.4 Å². The van der Waals surface area contributed by atoms with E-state index in [-0.39, 0.29) is 167 Å². The van der Waals surface area contributed by atoms with Gasteiger partial charge in [0.05, 0.1) is 12.1 Å². The van der Waals surface area contributed by atoms with Crippen molar-refractivity contribution >= 4 is 17.7 Å². The summed E-state index contributed by atoms with van der Waals surface area (Å²) in [4.78, 5) is 19.6. The summed E-state index contributed by atoms with van der Waals surface area (Å²) in [7, 11) is -9.44. The predicted octanol–water partition coefficient (Wildman–Crippen LogP) is -7.25. The third-order valence-corrected chi connectivity index (χ3v) is 7.30. The third kappa shape index (κ3) is 12.6. The molecule has 0 amide bonds. The van der Waals surface area contributed by atoms with Crippen LogP contribution in [-0.2, 0) is 21.1 Å². The number of rotatable bonds is 9. The zero-order chi connectivity index (χ0) is 20.9. The van der Waals surface area contributed by atoms with E-state index in [4.69, 9.17) is 9.47 Å². The monoisotopic (exact) mass is 548 g/mol. The molecule has 8 nitrogen and oxygen atoms in total. The molecule has 0 saturated heterocycles. The third-order valence-electron chi connectivity index (χ3n) is 3.88. The van der Waals surface area contributed by atoms with Gasteiger partial charge in [-0.25, -0.2) is 12.8 Å². The Labute approximate surface area is 308 Å².